The van der Waals surface area contributed by atoms with E-state index in [2.05, 4.69) is 6.92 Å². The maximum Gasteiger partial charge on any atom is 0.0618 e. The number of ether oxygens (including phenoxy) is 1. The molecule has 0 heterocycles. The SMILES string of the molecule is CCCC(OC)C(C)CO. The summed E-state index contributed by atoms with van der Waals surface area (Å²) in [5.41, 5.74) is 0. The lowest BCUT2D eigenvalue weighted by Crippen LogP contribution is -2.22. The molecule has 0 aromatic carbocycles. The molecule has 2 unspecified atom stereocenters. The topological polar surface area (TPSA) is 29.5 Å². The first-order valence-electron chi connectivity index (χ1n) is 3.89. The molecule has 0 bridgehead atoms. The van der Waals surface area contributed by atoms with Crippen LogP contribution in [-0.2, 0) is 4.74 Å². The summed E-state index contributed by atoms with van der Waals surface area (Å²) in [5, 5.41) is 8.78. The first kappa shape index (κ1) is 9.92. The molecule has 0 rings (SSSR count). The Morgan fingerprint density at radius 2 is 2.10 bits per heavy atom. The zero-order valence-electron chi connectivity index (χ0n) is 7.13. The van der Waals surface area contributed by atoms with Gasteiger partial charge in [0, 0.05) is 19.6 Å². The van der Waals surface area contributed by atoms with Crippen LogP contribution in [-0.4, -0.2) is 24.9 Å². The summed E-state index contributed by atoms with van der Waals surface area (Å²) >= 11 is 0. The van der Waals surface area contributed by atoms with Crippen molar-refractivity contribution < 1.29 is 9.84 Å². The zero-order chi connectivity index (χ0) is 7.98. The molecule has 62 valence electrons. The summed E-state index contributed by atoms with van der Waals surface area (Å²) < 4.78 is 5.18. The van der Waals surface area contributed by atoms with Gasteiger partial charge in [0.05, 0.1) is 6.10 Å². The number of hydrogen-bond donors (Lipinski definition) is 1. The van der Waals surface area contributed by atoms with Crippen LogP contribution in [0.1, 0.15) is 26.7 Å². The fourth-order valence-corrected chi connectivity index (χ4v) is 1.04. The number of rotatable bonds is 5. The molecule has 0 aromatic rings. The van der Waals surface area contributed by atoms with Crippen molar-refractivity contribution in [2.75, 3.05) is 13.7 Å². The Balaban J connectivity index is 3.56. The average molecular weight is 146 g/mol. The lowest BCUT2D eigenvalue weighted by molar-refractivity contribution is 0.0278. The second-order valence-corrected chi connectivity index (χ2v) is 2.72. The van der Waals surface area contributed by atoms with Crippen molar-refractivity contribution in [3.8, 4) is 0 Å². The van der Waals surface area contributed by atoms with Crippen molar-refractivity contribution in [2.24, 2.45) is 5.92 Å². The molecule has 0 aromatic heterocycles. The molecule has 0 saturated heterocycles. The largest absolute Gasteiger partial charge is 0.396 e. The molecule has 2 heteroatoms. The number of hydrogen-bond acceptors (Lipinski definition) is 2. The van der Waals surface area contributed by atoms with Crippen LogP contribution < -0.4 is 0 Å². The van der Waals surface area contributed by atoms with Crippen LogP contribution >= 0.6 is 0 Å². The van der Waals surface area contributed by atoms with Gasteiger partial charge in [0.2, 0.25) is 0 Å². The van der Waals surface area contributed by atoms with Gasteiger partial charge < -0.3 is 9.84 Å². The highest BCUT2D eigenvalue weighted by molar-refractivity contribution is 4.63. The van der Waals surface area contributed by atoms with E-state index in [-0.39, 0.29) is 18.6 Å². The van der Waals surface area contributed by atoms with Gasteiger partial charge >= 0.3 is 0 Å². The molecule has 10 heavy (non-hydrogen) atoms. The van der Waals surface area contributed by atoms with Gasteiger partial charge in [-0.05, 0) is 6.42 Å². The minimum absolute atomic E-state index is 0.221. The van der Waals surface area contributed by atoms with Crippen LogP contribution in [0, 0.1) is 5.92 Å². The Labute approximate surface area is 63.2 Å². The highest BCUT2D eigenvalue weighted by Gasteiger charge is 2.13. The third kappa shape index (κ3) is 3.18. The highest BCUT2D eigenvalue weighted by atomic mass is 16.5. The monoisotopic (exact) mass is 146 g/mol. The van der Waals surface area contributed by atoms with Gasteiger partial charge in [-0.2, -0.15) is 0 Å². The lowest BCUT2D eigenvalue weighted by Gasteiger charge is -2.19. The summed E-state index contributed by atoms with van der Waals surface area (Å²) in [5.74, 6) is 0.268. The van der Waals surface area contributed by atoms with Crippen LogP contribution in [0.2, 0.25) is 0 Å². The van der Waals surface area contributed by atoms with Gasteiger partial charge in [-0.15, -0.1) is 0 Å². The Hall–Kier alpha value is -0.0800. The predicted octanol–water partition coefficient (Wildman–Crippen LogP) is 1.43. The molecule has 0 aliphatic carbocycles. The third-order valence-corrected chi connectivity index (χ3v) is 1.80. The minimum Gasteiger partial charge on any atom is -0.396 e. The molecule has 0 radical (unpaired) electrons. The van der Waals surface area contributed by atoms with E-state index in [1.54, 1.807) is 7.11 Å². The Bertz CT molecular complexity index is 73.7. The van der Waals surface area contributed by atoms with Crippen molar-refractivity contribution in [1.82, 2.24) is 0 Å². The summed E-state index contributed by atoms with van der Waals surface area (Å²) in [6.45, 7) is 4.35. The van der Waals surface area contributed by atoms with Crippen molar-refractivity contribution in [3.05, 3.63) is 0 Å². The van der Waals surface area contributed by atoms with E-state index in [4.69, 9.17) is 9.84 Å². The van der Waals surface area contributed by atoms with Crippen molar-refractivity contribution in [2.45, 2.75) is 32.8 Å². The first-order chi connectivity index (χ1) is 4.76. The number of aliphatic hydroxyl groups is 1. The zero-order valence-corrected chi connectivity index (χ0v) is 7.13. The van der Waals surface area contributed by atoms with E-state index in [1.165, 1.54) is 0 Å². The van der Waals surface area contributed by atoms with Crippen molar-refractivity contribution >= 4 is 0 Å². The van der Waals surface area contributed by atoms with Gasteiger partial charge in [0.15, 0.2) is 0 Å². The second kappa shape index (κ2) is 5.69. The molecule has 0 saturated carbocycles. The van der Waals surface area contributed by atoms with Gasteiger partial charge in [0.1, 0.15) is 0 Å². The quantitative estimate of drug-likeness (QED) is 0.635. The normalized spacial score (nSPS) is 16.8. The Kier molecular flexibility index (Phi) is 5.64. The second-order valence-electron chi connectivity index (χ2n) is 2.72. The van der Waals surface area contributed by atoms with E-state index in [9.17, 15) is 0 Å². The number of methoxy groups -OCH3 is 1. The van der Waals surface area contributed by atoms with Crippen LogP contribution in [0.25, 0.3) is 0 Å². The van der Waals surface area contributed by atoms with Gasteiger partial charge in [0.25, 0.3) is 0 Å². The van der Waals surface area contributed by atoms with Gasteiger partial charge in [-0.25, -0.2) is 0 Å². The molecule has 2 nitrogen and oxygen atoms in total. The molecule has 1 N–H and O–H groups in total. The van der Waals surface area contributed by atoms with E-state index >= 15 is 0 Å². The molecule has 0 aliphatic heterocycles. The summed E-state index contributed by atoms with van der Waals surface area (Å²) in [6.07, 6.45) is 2.39. The van der Waals surface area contributed by atoms with E-state index < -0.39 is 0 Å². The van der Waals surface area contributed by atoms with Crippen molar-refractivity contribution in [3.63, 3.8) is 0 Å². The third-order valence-electron chi connectivity index (χ3n) is 1.80. The van der Waals surface area contributed by atoms with Crippen LogP contribution in [0.3, 0.4) is 0 Å². The molecule has 0 aliphatic rings. The molecule has 0 fully saturated rings. The van der Waals surface area contributed by atoms with Crippen LogP contribution in [0.5, 0.6) is 0 Å². The molecular weight excluding hydrogens is 128 g/mol. The molecular formula is C8H18O2. The molecule has 0 amide bonds. The highest BCUT2D eigenvalue weighted by Crippen LogP contribution is 2.11. The smallest absolute Gasteiger partial charge is 0.0618 e. The van der Waals surface area contributed by atoms with E-state index in [0.29, 0.717) is 0 Å². The van der Waals surface area contributed by atoms with Crippen molar-refractivity contribution in [1.29, 1.82) is 0 Å². The predicted molar refractivity (Wildman–Crippen MR) is 42.0 cm³/mol. The van der Waals surface area contributed by atoms with Crippen LogP contribution in [0.4, 0.5) is 0 Å². The first-order valence-corrected chi connectivity index (χ1v) is 3.89. The fraction of sp³-hybridized carbons (Fsp3) is 1.00. The minimum atomic E-state index is 0.221. The average Bonchev–Trinajstić information content (AvgIpc) is 1.99. The summed E-state index contributed by atoms with van der Waals surface area (Å²) in [4.78, 5) is 0. The maximum absolute atomic E-state index is 8.78. The van der Waals surface area contributed by atoms with E-state index in [0.717, 1.165) is 12.8 Å². The van der Waals surface area contributed by atoms with E-state index in [1.807, 2.05) is 6.92 Å². The van der Waals surface area contributed by atoms with Gasteiger partial charge in [-0.1, -0.05) is 20.3 Å². The van der Waals surface area contributed by atoms with Gasteiger partial charge in [-0.3, -0.25) is 0 Å². The standard InChI is InChI=1S/C8H18O2/c1-4-5-8(10-3)7(2)6-9/h7-9H,4-6H2,1-3H3. The molecule has 2 atom stereocenters. The Morgan fingerprint density at radius 1 is 1.50 bits per heavy atom. The van der Waals surface area contributed by atoms with Crippen LogP contribution in [0.15, 0.2) is 0 Å². The fourth-order valence-electron chi connectivity index (χ4n) is 1.04. The lowest BCUT2D eigenvalue weighted by atomic mass is 10.0. The maximum atomic E-state index is 8.78. The number of aliphatic hydroxyl groups excluding tert-OH is 1. The summed E-state index contributed by atoms with van der Waals surface area (Å²) in [6, 6.07) is 0. The molecule has 0 spiro atoms. The summed E-state index contributed by atoms with van der Waals surface area (Å²) in [7, 11) is 1.70. The Morgan fingerprint density at radius 3 is 2.40 bits per heavy atom.